The number of thiazole rings is 1. The first-order valence-corrected chi connectivity index (χ1v) is 12.0. The van der Waals surface area contributed by atoms with Gasteiger partial charge in [-0.1, -0.05) is 30.3 Å². The quantitative estimate of drug-likeness (QED) is 0.477. The van der Waals surface area contributed by atoms with Crippen molar-refractivity contribution < 1.29 is 13.2 Å². The number of carbonyl (C=O) groups excluding carboxylic acids is 1. The summed E-state index contributed by atoms with van der Waals surface area (Å²) in [6.07, 6.45) is 4.21. The van der Waals surface area contributed by atoms with E-state index >= 15 is 0 Å². The van der Waals surface area contributed by atoms with Crippen molar-refractivity contribution in [3.63, 3.8) is 0 Å². The second-order valence-corrected chi connectivity index (χ2v) is 9.84. The number of benzene rings is 2. The maximum Gasteiger partial charge on any atom is 0.284 e. The van der Waals surface area contributed by atoms with Crippen molar-refractivity contribution in [3.8, 4) is 0 Å². The van der Waals surface area contributed by atoms with Crippen LogP contribution in [0.4, 0.5) is 10.8 Å². The Kier molecular flexibility index (Phi) is 5.66. The highest BCUT2D eigenvalue weighted by molar-refractivity contribution is 7.89. The second-order valence-electron chi connectivity index (χ2n) is 6.91. The average Bonchev–Trinajstić information content (AvgIpc) is 3.13. The molecule has 2 aromatic heterocycles. The molecular weight excluding hydrogens is 434 g/mol. The summed E-state index contributed by atoms with van der Waals surface area (Å²) in [5.41, 5.74) is 3.48. The molecule has 4 rings (SSSR count). The Labute approximate surface area is 183 Å². The fraction of sp³-hybridized carbons (Fsp3) is 0.143. The van der Waals surface area contributed by atoms with Crippen LogP contribution >= 0.6 is 11.3 Å². The SMILES string of the molecule is Cc1sc(N(Cc2ccccc2)c2ccc3nccnc3c2)nc1C(=O)NS(C)(=O)=O. The van der Waals surface area contributed by atoms with E-state index in [2.05, 4.69) is 15.0 Å². The molecular formula is C21H19N5O3S2. The summed E-state index contributed by atoms with van der Waals surface area (Å²) in [5, 5.41) is 0.572. The van der Waals surface area contributed by atoms with Gasteiger partial charge in [0, 0.05) is 23.0 Å². The van der Waals surface area contributed by atoms with Crippen LogP contribution in [0.3, 0.4) is 0 Å². The molecule has 158 valence electrons. The number of anilines is 2. The number of fused-ring (bicyclic) bond motifs is 1. The summed E-state index contributed by atoms with van der Waals surface area (Å²) in [7, 11) is -3.69. The summed E-state index contributed by atoms with van der Waals surface area (Å²) < 4.78 is 24.9. The van der Waals surface area contributed by atoms with Gasteiger partial charge >= 0.3 is 0 Å². The molecule has 0 aliphatic heterocycles. The van der Waals surface area contributed by atoms with Gasteiger partial charge in [-0.15, -0.1) is 11.3 Å². The van der Waals surface area contributed by atoms with Crippen molar-refractivity contribution in [2.75, 3.05) is 11.2 Å². The standard InChI is InChI=1S/C21H19N5O3S2/c1-14-19(20(27)25-31(2,28)29)24-21(30-14)26(13-15-6-4-3-5-7-15)16-8-9-17-18(12-16)23-11-10-22-17/h3-12H,13H2,1-2H3,(H,25,27). The van der Waals surface area contributed by atoms with Crippen LogP contribution in [-0.2, 0) is 16.6 Å². The first-order chi connectivity index (χ1) is 14.8. The third-order valence-corrected chi connectivity index (χ3v) is 6.01. The third-order valence-electron chi connectivity index (χ3n) is 4.46. The minimum absolute atomic E-state index is 0.0871. The van der Waals surface area contributed by atoms with Gasteiger partial charge in [-0.2, -0.15) is 0 Å². The minimum atomic E-state index is -3.69. The number of aromatic nitrogens is 3. The number of aryl methyl sites for hydroxylation is 1. The van der Waals surface area contributed by atoms with Crippen molar-refractivity contribution in [3.05, 3.63) is 77.1 Å². The van der Waals surface area contributed by atoms with Crippen molar-refractivity contribution >= 4 is 49.1 Å². The molecule has 10 heteroatoms. The van der Waals surface area contributed by atoms with Crippen molar-refractivity contribution in [1.29, 1.82) is 0 Å². The lowest BCUT2D eigenvalue weighted by Crippen LogP contribution is -2.30. The third kappa shape index (κ3) is 4.86. The van der Waals surface area contributed by atoms with E-state index in [1.165, 1.54) is 11.3 Å². The van der Waals surface area contributed by atoms with Crippen LogP contribution in [0, 0.1) is 6.92 Å². The molecule has 0 spiro atoms. The van der Waals surface area contributed by atoms with Gasteiger partial charge in [0.15, 0.2) is 5.13 Å². The van der Waals surface area contributed by atoms with E-state index in [-0.39, 0.29) is 5.69 Å². The van der Waals surface area contributed by atoms with Gasteiger partial charge in [-0.05, 0) is 30.7 Å². The molecule has 2 heterocycles. The molecule has 0 fully saturated rings. The number of nitrogens with one attached hydrogen (secondary N) is 1. The van der Waals surface area contributed by atoms with Crippen molar-refractivity contribution in [2.24, 2.45) is 0 Å². The zero-order valence-electron chi connectivity index (χ0n) is 16.8. The normalized spacial score (nSPS) is 11.4. The predicted octanol–water partition coefficient (Wildman–Crippen LogP) is 3.42. The van der Waals surface area contributed by atoms with Crippen LogP contribution in [0.15, 0.2) is 60.9 Å². The summed E-state index contributed by atoms with van der Waals surface area (Å²) in [4.78, 5) is 28.2. The van der Waals surface area contributed by atoms with Crippen LogP contribution < -0.4 is 9.62 Å². The fourth-order valence-electron chi connectivity index (χ4n) is 3.08. The molecule has 8 nitrogen and oxygen atoms in total. The molecule has 4 aromatic rings. The lowest BCUT2D eigenvalue weighted by atomic mass is 10.2. The van der Waals surface area contributed by atoms with E-state index in [1.54, 1.807) is 19.3 Å². The molecule has 0 unspecified atom stereocenters. The minimum Gasteiger partial charge on any atom is -0.313 e. The molecule has 0 radical (unpaired) electrons. The van der Waals surface area contributed by atoms with Crippen LogP contribution in [-0.4, -0.2) is 35.5 Å². The van der Waals surface area contributed by atoms with Crippen LogP contribution in [0.2, 0.25) is 0 Å². The Bertz CT molecular complexity index is 1350. The molecule has 0 atom stereocenters. The predicted molar refractivity (Wildman–Crippen MR) is 121 cm³/mol. The highest BCUT2D eigenvalue weighted by atomic mass is 32.2. The number of carbonyl (C=O) groups is 1. The van der Waals surface area contributed by atoms with Crippen LogP contribution in [0.1, 0.15) is 20.9 Å². The number of amides is 1. The largest absolute Gasteiger partial charge is 0.313 e. The van der Waals surface area contributed by atoms with Gasteiger partial charge in [0.25, 0.3) is 5.91 Å². The molecule has 31 heavy (non-hydrogen) atoms. The highest BCUT2D eigenvalue weighted by Crippen LogP contribution is 2.34. The van der Waals surface area contributed by atoms with Gasteiger partial charge in [-0.3, -0.25) is 14.8 Å². The summed E-state index contributed by atoms with van der Waals surface area (Å²) in [5.74, 6) is -0.744. The average molecular weight is 454 g/mol. The second kappa shape index (κ2) is 8.40. The van der Waals surface area contributed by atoms with E-state index < -0.39 is 15.9 Å². The van der Waals surface area contributed by atoms with E-state index in [9.17, 15) is 13.2 Å². The van der Waals surface area contributed by atoms with E-state index in [0.29, 0.717) is 16.6 Å². The number of hydrogen-bond acceptors (Lipinski definition) is 8. The Morgan fingerprint density at radius 2 is 1.77 bits per heavy atom. The van der Waals surface area contributed by atoms with E-state index in [0.717, 1.165) is 28.5 Å². The first-order valence-electron chi connectivity index (χ1n) is 9.32. The van der Waals surface area contributed by atoms with Crippen LogP contribution in [0.25, 0.3) is 11.0 Å². The van der Waals surface area contributed by atoms with Gasteiger partial charge in [0.2, 0.25) is 10.0 Å². The first kappa shape index (κ1) is 20.9. The summed E-state index contributed by atoms with van der Waals surface area (Å²) >= 11 is 1.32. The van der Waals surface area contributed by atoms with Gasteiger partial charge in [0.05, 0.1) is 23.8 Å². The monoisotopic (exact) mass is 453 g/mol. The molecule has 0 saturated carbocycles. The lowest BCUT2D eigenvalue weighted by Gasteiger charge is -2.22. The van der Waals surface area contributed by atoms with Crippen molar-refractivity contribution in [2.45, 2.75) is 13.5 Å². The Morgan fingerprint density at radius 3 is 2.48 bits per heavy atom. The number of rotatable bonds is 6. The van der Waals surface area contributed by atoms with Gasteiger partial charge in [-0.25, -0.2) is 18.1 Å². The maximum atomic E-state index is 12.4. The lowest BCUT2D eigenvalue weighted by molar-refractivity contribution is 0.0977. The Hall–Kier alpha value is -3.37. The highest BCUT2D eigenvalue weighted by Gasteiger charge is 2.22. The molecule has 0 aliphatic rings. The molecule has 1 N–H and O–H groups in total. The van der Waals surface area contributed by atoms with Crippen LogP contribution in [0.5, 0.6) is 0 Å². The number of nitrogens with zero attached hydrogens (tertiary/aromatic N) is 4. The molecule has 1 amide bonds. The zero-order chi connectivity index (χ0) is 22.0. The molecule has 0 bridgehead atoms. The number of hydrogen-bond donors (Lipinski definition) is 1. The van der Waals surface area contributed by atoms with Gasteiger partial charge < -0.3 is 4.90 Å². The molecule has 0 saturated heterocycles. The smallest absolute Gasteiger partial charge is 0.284 e. The molecule has 2 aromatic carbocycles. The maximum absolute atomic E-state index is 12.4. The van der Waals surface area contributed by atoms with E-state index in [1.807, 2.05) is 58.2 Å². The van der Waals surface area contributed by atoms with E-state index in [4.69, 9.17) is 0 Å². The zero-order valence-corrected chi connectivity index (χ0v) is 18.4. The topological polar surface area (TPSA) is 105 Å². The summed E-state index contributed by atoms with van der Waals surface area (Å²) in [6, 6.07) is 15.6. The molecule has 0 aliphatic carbocycles. The summed E-state index contributed by atoms with van der Waals surface area (Å²) in [6.45, 7) is 2.25. The Balaban J connectivity index is 1.77. The Morgan fingerprint density at radius 1 is 1.06 bits per heavy atom. The van der Waals surface area contributed by atoms with Gasteiger partial charge in [0.1, 0.15) is 5.69 Å². The fourth-order valence-corrected chi connectivity index (χ4v) is 4.44. The van der Waals surface area contributed by atoms with Crippen molar-refractivity contribution in [1.82, 2.24) is 19.7 Å². The number of sulfonamides is 1.